The molecule has 1 N–H and O–H groups in total. The fourth-order valence-corrected chi connectivity index (χ4v) is 0.683. The number of nitrogens with zero attached hydrogens (tertiary/aromatic N) is 2. The van der Waals surface area contributed by atoms with Gasteiger partial charge < -0.3 is 9.84 Å². The number of methoxy groups -OCH3 is 1. The fraction of sp³-hybridized carbons (Fsp3) is 0.143. The minimum absolute atomic E-state index is 0.0237. The summed E-state index contributed by atoms with van der Waals surface area (Å²) in [6.45, 7) is 0. The second-order valence-corrected chi connectivity index (χ2v) is 1.82. The first-order valence-electron chi connectivity index (χ1n) is 2.91. The number of ether oxygens (including phenoxy) is 1. The summed E-state index contributed by atoms with van der Waals surface area (Å²) in [4.78, 5) is 3.61. The Bertz CT molecular complexity index is 304. The summed E-state index contributed by atoms with van der Waals surface area (Å²) in [5.74, 6) is 0.0500. The normalized spacial score (nSPS) is 8.73. The Hall–Kier alpha value is -1.76. The number of nitriles is 1. The van der Waals surface area contributed by atoms with Crippen molar-refractivity contribution in [2.75, 3.05) is 7.11 Å². The van der Waals surface area contributed by atoms with E-state index in [0.29, 0.717) is 0 Å². The van der Waals surface area contributed by atoms with Gasteiger partial charge in [-0.25, -0.2) is 4.98 Å². The highest BCUT2D eigenvalue weighted by molar-refractivity contribution is 5.46. The molecule has 1 aromatic heterocycles. The fourth-order valence-electron chi connectivity index (χ4n) is 0.683. The molecule has 0 saturated heterocycles. The largest absolute Gasteiger partial charge is 0.502 e. The van der Waals surface area contributed by atoms with Crippen LogP contribution in [0.4, 0.5) is 0 Å². The van der Waals surface area contributed by atoms with Gasteiger partial charge in [-0.2, -0.15) is 5.26 Å². The van der Waals surface area contributed by atoms with E-state index >= 15 is 0 Å². The molecule has 4 nitrogen and oxygen atoms in total. The molecule has 0 radical (unpaired) electrons. The van der Waals surface area contributed by atoms with Crippen molar-refractivity contribution in [2.24, 2.45) is 0 Å². The lowest BCUT2D eigenvalue weighted by atomic mass is 10.3. The molecular weight excluding hydrogens is 144 g/mol. The quantitative estimate of drug-likeness (QED) is 0.638. The molecule has 0 aromatic carbocycles. The summed E-state index contributed by atoms with van der Waals surface area (Å²) in [5, 5.41) is 17.6. The average molecular weight is 150 g/mol. The summed E-state index contributed by atoms with van der Waals surface area (Å²) in [7, 11) is 1.41. The van der Waals surface area contributed by atoms with E-state index in [1.807, 2.05) is 0 Å². The van der Waals surface area contributed by atoms with Gasteiger partial charge in [-0.05, 0) is 0 Å². The van der Waals surface area contributed by atoms with Gasteiger partial charge in [0, 0.05) is 12.3 Å². The summed E-state index contributed by atoms with van der Waals surface area (Å²) >= 11 is 0. The molecule has 0 spiro atoms. The monoisotopic (exact) mass is 150 g/mol. The summed E-state index contributed by atoms with van der Waals surface area (Å²) in [5.41, 5.74) is -0.0237. The van der Waals surface area contributed by atoms with Gasteiger partial charge in [0.25, 0.3) is 0 Å². The van der Waals surface area contributed by atoms with E-state index in [0.717, 1.165) is 0 Å². The van der Waals surface area contributed by atoms with Gasteiger partial charge in [0.2, 0.25) is 0 Å². The second kappa shape index (κ2) is 2.88. The predicted molar refractivity (Wildman–Crippen MR) is 37.2 cm³/mol. The molecule has 56 valence electrons. The molecule has 11 heavy (non-hydrogen) atoms. The lowest BCUT2D eigenvalue weighted by Crippen LogP contribution is -1.88. The zero-order chi connectivity index (χ0) is 8.27. The molecule has 0 amide bonds. The van der Waals surface area contributed by atoms with Crippen molar-refractivity contribution >= 4 is 0 Å². The first-order valence-corrected chi connectivity index (χ1v) is 2.91. The van der Waals surface area contributed by atoms with E-state index in [4.69, 9.17) is 10.00 Å². The zero-order valence-electron chi connectivity index (χ0n) is 5.90. The molecule has 1 aromatic rings. The van der Waals surface area contributed by atoms with Crippen LogP contribution in [0.25, 0.3) is 0 Å². The van der Waals surface area contributed by atoms with Crippen LogP contribution in [0, 0.1) is 11.3 Å². The lowest BCUT2D eigenvalue weighted by molar-refractivity contribution is 0.371. The third-order valence-electron chi connectivity index (χ3n) is 1.21. The summed E-state index contributed by atoms with van der Waals surface area (Å²) in [6.07, 6.45) is 1.40. The highest BCUT2D eigenvalue weighted by atomic mass is 16.5. The van der Waals surface area contributed by atoms with Crippen LogP contribution < -0.4 is 4.74 Å². The highest BCUT2D eigenvalue weighted by Gasteiger charge is 2.06. The van der Waals surface area contributed by atoms with Crippen LogP contribution >= 0.6 is 0 Å². The van der Waals surface area contributed by atoms with Crippen molar-refractivity contribution in [3.63, 3.8) is 0 Å². The van der Waals surface area contributed by atoms with E-state index in [1.54, 1.807) is 6.07 Å². The molecule has 0 aliphatic heterocycles. The van der Waals surface area contributed by atoms with E-state index in [2.05, 4.69) is 4.98 Å². The number of hydrogen-bond donors (Lipinski definition) is 1. The first-order chi connectivity index (χ1) is 5.29. The second-order valence-electron chi connectivity index (χ2n) is 1.82. The van der Waals surface area contributed by atoms with E-state index < -0.39 is 0 Å². The molecule has 0 aliphatic carbocycles. The van der Waals surface area contributed by atoms with Crippen molar-refractivity contribution in [3.05, 3.63) is 18.0 Å². The van der Waals surface area contributed by atoms with Crippen LogP contribution in [-0.4, -0.2) is 17.2 Å². The maximum absolute atomic E-state index is 9.18. The van der Waals surface area contributed by atoms with Crippen molar-refractivity contribution < 1.29 is 9.84 Å². The Kier molecular flexibility index (Phi) is 1.93. The van der Waals surface area contributed by atoms with Gasteiger partial charge in [0.05, 0.1) is 7.11 Å². The summed E-state index contributed by atoms with van der Waals surface area (Å²) in [6, 6.07) is 3.21. The van der Waals surface area contributed by atoms with Crippen molar-refractivity contribution in [3.8, 4) is 17.6 Å². The number of aromatic nitrogens is 1. The summed E-state index contributed by atoms with van der Waals surface area (Å²) < 4.78 is 4.75. The van der Waals surface area contributed by atoms with Crippen LogP contribution in [0.2, 0.25) is 0 Å². The van der Waals surface area contributed by atoms with E-state index in [9.17, 15) is 5.11 Å². The number of hydrogen-bond acceptors (Lipinski definition) is 4. The van der Waals surface area contributed by atoms with Gasteiger partial charge in [0.15, 0.2) is 17.2 Å². The van der Waals surface area contributed by atoms with Gasteiger partial charge in [0.1, 0.15) is 6.07 Å². The zero-order valence-corrected chi connectivity index (χ0v) is 5.90. The Balaban J connectivity index is 3.23. The van der Waals surface area contributed by atoms with Gasteiger partial charge in [-0.3, -0.25) is 0 Å². The number of aromatic hydroxyl groups is 1. The molecular formula is C7H6N2O2. The standard InChI is InChI=1S/C7H6N2O2/c1-11-6-2-3-9-5(4-8)7(6)10/h2-3,10H,1H3. The predicted octanol–water partition coefficient (Wildman–Crippen LogP) is 0.667. The molecule has 0 bridgehead atoms. The molecule has 4 heteroatoms. The van der Waals surface area contributed by atoms with E-state index in [-0.39, 0.29) is 17.2 Å². The van der Waals surface area contributed by atoms with Crippen LogP contribution in [-0.2, 0) is 0 Å². The number of rotatable bonds is 1. The van der Waals surface area contributed by atoms with Crippen LogP contribution in [0.15, 0.2) is 12.3 Å². The average Bonchev–Trinajstić information content (AvgIpc) is 2.05. The van der Waals surface area contributed by atoms with Gasteiger partial charge in [-0.15, -0.1) is 0 Å². The molecule has 0 saturated carbocycles. The molecule has 1 heterocycles. The molecule has 0 unspecified atom stereocenters. The van der Waals surface area contributed by atoms with Crippen molar-refractivity contribution in [1.82, 2.24) is 4.98 Å². The Morgan fingerprint density at radius 2 is 2.45 bits per heavy atom. The Labute approximate surface area is 63.7 Å². The van der Waals surface area contributed by atoms with E-state index in [1.165, 1.54) is 19.4 Å². The smallest absolute Gasteiger partial charge is 0.195 e. The first kappa shape index (κ1) is 7.35. The van der Waals surface area contributed by atoms with Gasteiger partial charge >= 0.3 is 0 Å². The molecule has 0 aliphatic rings. The van der Waals surface area contributed by atoms with Crippen LogP contribution in [0.1, 0.15) is 5.69 Å². The maximum atomic E-state index is 9.18. The lowest BCUT2D eigenvalue weighted by Gasteiger charge is -2.01. The van der Waals surface area contributed by atoms with Gasteiger partial charge in [-0.1, -0.05) is 0 Å². The van der Waals surface area contributed by atoms with Crippen LogP contribution in [0.3, 0.4) is 0 Å². The Morgan fingerprint density at radius 1 is 1.73 bits per heavy atom. The highest BCUT2D eigenvalue weighted by Crippen LogP contribution is 2.26. The van der Waals surface area contributed by atoms with Crippen molar-refractivity contribution in [1.29, 1.82) is 5.26 Å². The minimum Gasteiger partial charge on any atom is -0.502 e. The SMILES string of the molecule is COc1ccnc(C#N)c1O. The Morgan fingerprint density at radius 3 is 3.00 bits per heavy atom. The molecule has 0 fully saturated rings. The number of pyridine rings is 1. The van der Waals surface area contributed by atoms with Crippen molar-refractivity contribution in [2.45, 2.75) is 0 Å². The third kappa shape index (κ3) is 1.22. The third-order valence-corrected chi connectivity index (χ3v) is 1.21. The minimum atomic E-state index is -0.211. The molecule has 1 rings (SSSR count). The topological polar surface area (TPSA) is 66.1 Å². The molecule has 0 atom stereocenters. The maximum Gasteiger partial charge on any atom is 0.195 e. The van der Waals surface area contributed by atoms with Crippen LogP contribution in [0.5, 0.6) is 11.5 Å².